The van der Waals surface area contributed by atoms with Crippen LogP contribution >= 0.6 is 11.3 Å². The Kier molecular flexibility index (Phi) is 5.93. The van der Waals surface area contributed by atoms with Crippen molar-refractivity contribution in [3.8, 4) is 0 Å². The van der Waals surface area contributed by atoms with Crippen molar-refractivity contribution < 1.29 is 9.59 Å². The Labute approximate surface area is 161 Å². The lowest BCUT2D eigenvalue weighted by atomic mass is 10.2. The number of rotatable bonds is 6. The van der Waals surface area contributed by atoms with E-state index >= 15 is 0 Å². The Balaban J connectivity index is 1.75. The summed E-state index contributed by atoms with van der Waals surface area (Å²) in [7, 11) is 0. The van der Waals surface area contributed by atoms with Gasteiger partial charge in [0.1, 0.15) is 4.88 Å². The number of aromatic nitrogens is 2. The summed E-state index contributed by atoms with van der Waals surface area (Å²) in [4.78, 5) is 35.3. The van der Waals surface area contributed by atoms with Gasteiger partial charge in [-0.05, 0) is 24.1 Å². The zero-order chi connectivity index (χ0) is 19.2. The van der Waals surface area contributed by atoms with E-state index in [0.717, 1.165) is 11.1 Å². The predicted octanol–water partition coefficient (Wildman–Crippen LogP) is 3.33. The third-order valence-electron chi connectivity index (χ3n) is 3.96. The number of amides is 2. The van der Waals surface area contributed by atoms with Gasteiger partial charge in [-0.15, -0.1) is 0 Å². The molecular formula is C20H20N4O2S. The number of aryl methyl sites for hydroxylation is 1. The van der Waals surface area contributed by atoms with E-state index in [1.54, 1.807) is 24.2 Å². The minimum Gasteiger partial charge on any atom is -0.347 e. The first-order chi connectivity index (χ1) is 13.0. The number of benzene rings is 1. The Bertz CT molecular complexity index is 926. The van der Waals surface area contributed by atoms with Crippen LogP contribution in [-0.2, 0) is 17.9 Å². The highest BCUT2D eigenvalue weighted by atomic mass is 32.1. The molecule has 0 unspecified atom stereocenters. The van der Waals surface area contributed by atoms with Gasteiger partial charge in [-0.25, -0.2) is 4.98 Å². The molecule has 0 saturated heterocycles. The molecule has 1 aromatic carbocycles. The van der Waals surface area contributed by atoms with E-state index in [0.29, 0.717) is 28.8 Å². The number of thiazole rings is 1. The van der Waals surface area contributed by atoms with Crippen LogP contribution in [0.25, 0.3) is 0 Å². The fraction of sp³-hybridized carbons (Fsp3) is 0.200. The van der Waals surface area contributed by atoms with Gasteiger partial charge in [0.2, 0.25) is 5.91 Å². The van der Waals surface area contributed by atoms with Crippen LogP contribution in [0.2, 0.25) is 0 Å². The maximum Gasteiger partial charge on any atom is 0.263 e. The summed E-state index contributed by atoms with van der Waals surface area (Å²) < 4.78 is 0. The van der Waals surface area contributed by atoms with Crippen molar-refractivity contribution in [1.82, 2.24) is 15.3 Å². The van der Waals surface area contributed by atoms with Crippen LogP contribution < -0.4 is 10.2 Å². The molecule has 1 N–H and O–H groups in total. The van der Waals surface area contributed by atoms with Gasteiger partial charge >= 0.3 is 0 Å². The number of nitrogens with zero attached hydrogens (tertiary/aromatic N) is 3. The van der Waals surface area contributed by atoms with Gasteiger partial charge in [0.15, 0.2) is 5.13 Å². The van der Waals surface area contributed by atoms with Gasteiger partial charge in [0.25, 0.3) is 5.91 Å². The van der Waals surface area contributed by atoms with Gasteiger partial charge in [0.05, 0.1) is 12.2 Å². The van der Waals surface area contributed by atoms with Gasteiger partial charge in [-0.1, -0.05) is 47.7 Å². The molecule has 0 radical (unpaired) electrons. The first kappa shape index (κ1) is 18.7. The molecule has 0 saturated carbocycles. The zero-order valence-electron chi connectivity index (χ0n) is 15.2. The molecule has 27 heavy (non-hydrogen) atoms. The second-order valence-corrected chi connectivity index (χ2v) is 7.02. The van der Waals surface area contributed by atoms with E-state index in [4.69, 9.17) is 0 Å². The van der Waals surface area contributed by atoms with Crippen LogP contribution in [0.1, 0.15) is 33.4 Å². The summed E-state index contributed by atoms with van der Waals surface area (Å²) in [6.45, 7) is 4.08. The maximum absolute atomic E-state index is 12.5. The number of hydrogen-bond donors (Lipinski definition) is 1. The summed E-state index contributed by atoms with van der Waals surface area (Å²) in [5.41, 5.74) is 2.53. The zero-order valence-corrected chi connectivity index (χ0v) is 16.0. The predicted molar refractivity (Wildman–Crippen MR) is 106 cm³/mol. The molecule has 2 amide bonds. The van der Waals surface area contributed by atoms with Crippen molar-refractivity contribution >= 4 is 28.3 Å². The van der Waals surface area contributed by atoms with E-state index in [9.17, 15) is 9.59 Å². The molecule has 0 atom stereocenters. The number of carbonyl (C=O) groups excluding carboxylic acids is 2. The highest BCUT2D eigenvalue weighted by Gasteiger charge is 2.21. The number of pyridine rings is 1. The Morgan fingerprint density at radius 2 is 1.85 bits per heavy atom. The fourth-order valence-corrected chi connectivity index (χ4v) is 3.58. The van der Waals surface area contributed by atoms with E-state index in [2.05, 4.69) is 15.3 Å². The second kappa shape index (κ2) is 8.55. The normalized spacial score (nSPS) is 10.4. The fourth-order valence-electron chi connectivity index (χ4n) is 2.55. The highest BCUT2D eigenvalue weighted by molar-refractivity contribution is 7.17. The lowest BCUT2D eigenvalue weighted by Crippen LogP contribution is -2.27. The second-order valence-electron chi connectivity index (χ2n) is 6.05. The van der Waals surface area contributed by atoms with Crippen LogP contribution in [0.3, 0.4) is 0 Å². The molecule has 0 aliphatic carbocycles. The summed E-state index contributed by atoms with van der Waals surface area (Å²) >= 11 is 1.22. The van der Waals surface area contributed by atoms with Crippen molar-refractivity contribution in [3.05, 3.63) is 76.6 Å². The molecule has 0 aliphatic rings. The molecule has 2 heterocycles. The van der Waals surface area contributed by atoms with Crippen molar-refractivity contribution in [2.75, 3.05) is 4.90 Å². The largest absolute Gasteiger partial charge is 0.347 e. The van der Waals surface area contributed by atoms with E-state index in [1.165, 1.54) is 18.3 Å². The minimum atomic E-state index is -0.205. The number of carbonyl (C=O) groups is 2. The minimum absolute atomic E-state index is 0.116. The molecule has 3 aromatic rings. The van der Waals surface area contributed by atoms with Crippen molar-refractivity contribution in [2.45, 2.75) is 26.9 Å². The van der Waals surface area contributed by atoms with Gasteiger partial charge in [0, 0.05) is 25.9 Å². The standard InChI is InChI=1S/C20H20N4O2S/c1-14-18(19(26)22-12-17-9-6-10-21-11-17)27-20(23-14)24(15(2)25)13-16-7-4-3-5-8-16/h3-11H,12-13H2,1-2H3,(H,22,26). The topological polar surface area (TPSA) is 75.2 Å². The Morgan fingerprint density at radius 1 is 1.11 bits per heavy atom. The Hall–Kier alpha value is -3.06. The summed E-state index contributed by atoms with van der Waals surface area (Å²) in [6.07, 6.45) is 3.40. The average Bonchev–Trinajstić information content (AvgIpc) is 3.07. The molecular weight excluding hydrogens is 360 g/mol. The number of anilines is 1. The SMILES string of the molecule is CC(=O)N(Cc1ccccc1)c1nc(C)c(C(=O)NCc2cccnc2)s1. The van der Waals surface area contributed by atoms with Crippen molar-refractivity contribution in [1.29, 1.82) is 0 Å². The summed E-state index contributed by atoms with van der Waals surface area (Å²) in [6, 6.07) is 13.4. The molecule has 2 aromatic heterocycles. The average molecular weight is 380 g/mol. The van der Waals surface area contributed by atoms with Crippen LogP contribution in [-0.4, -0.2) is 21.8 Å². The molecule has 0 aliphatic heterocycles. The van der Waals surface area contributed by atoms with Crippen LogP contribution in [0, 0.1) is 6.92 Å². The van der Waals surface area contributed by atoms with Crippen LogP contribution in [0.4, 0.5) is 5.13 Å². The molecule has 0 spiro atoms. The molecule has 7 heteroatoms. The first-order valence-electron chi connectivity index (χ1n) is 8.51. The van der Waals surface area contributed by atoms with Gasteiger partial charge in [-0.2, -0.15) is 0 Å². The third-order valence-corrected chi connectivity index (χ3v) is 5.14. The number of nitrogens with one attached hydrogen (secondary N) is 1. The van der Waals surface area contributed by atoms with Crippen molar-refractivity contribution in [2.24, 2.45) is 0 Å². The number of hydrogen-bond acceptors (Lipinski definition) is 5. The summed E-state index contributed by atoms with van der Waals surface area (Å²) in [5, 5.41) is 3.40. The third kappa shape index (κ3) is 4.77. The molecule has 3 rings (SSSR count). The van der Waals surface area contributed by atoms with E-state index < -0.39 is 0 Å². The molecule has 0 fully saturated rings. The van der Waals surface area contributed by atoms with Crippen LogP contribution in [0.5, 0.6) is 0 Å². The first-order valence-corrected chi connectivity index (χ1v) is 9.33. The maximum atomic E-state index is 12.5. The lowest BCUT2D eigenvalue weighted by molar-refractivity contribution is -0.116. The summed E-state index contributed by atoms with van der Waals surface area (Å²) in [5.74, 6) is -0.321. The quantitative estimate of drug-likeness (QED) is 0.712. The monoisotopic (exact) mass is 380 g/mol. The van der Waals surface area contributed by atoms with E-state index in [-0.39, 0.29) is 11.8 Å². The lowest BCUT2D eigenvalue weighted by Gasteiger charge is -2.17. The smallest absolute Gasteiger partial charge is 0.263 e. The van der Waals surface area contributed by atoms with Gasteiger partial charge < -0.3 is 5.32 Å². The molecule has 0 bridgehead atoms. The molecule has 6 nitrogen and oxygen atoms in total. The Morgan fingerprint density at radius 3 is 2.52 bits per heavy atom. The van der Waals surface area contributed by atoms with Crippen molar-refractivity contribution in [3.63, 3.8) is 0 Å². The highest BCUT2D eigenvalue weighted by Crippen LogP contribution is 2.27. The van der Waals surface area contributed by atoms with E-state index in [1.807, 2.05) is 42.5 Å². The van der Waals surface area contributed by atoms with Gasteiger partial charge in [-0.3, -0.25) is 19.5 Å². The molecule has 138 valence electrons. The van der Waals surface area contributed by atoms with Crippen LogP contribution in [0.15, 0.2) is 54.9 Å².